The molecule has 0 fully saturated rings. The Hall–Kier alpha value is -4.65. The Labute approximate surface area is 241 Å². The van der Waals surface area contributed by atoms with Gasteiger partial charge in [0.25, 0.3) is 0 Å². The first kappa shape index (κ1) is 30.9. The van der Waals surface area contributed by atoms with Gasteiger partial charge >= 0.3 is 17.9 Å². The van der Waals surface area contributed by atoms with Crippen molar-refractivity contribution in [1.82, 2.24) is 0 Å². The zero-order valence-corrected chi connectivity index (χ0v) is 23.6. The fourth-order valence-electron chi connectivity index (χ4n) is 3.57. The molecule has 0 aliphatic rings. The summed E-state index contributed by atoms with van der Waals surface area (Å²) in [4.78, 5) is 35.7. The number of esters is 3. The molecule has 0 aromatic heterocycles. The van der Waals surface area contributed by atoms with Gasteiger partial charge in [0, 0.05) is 11.6 Å². The van der Waals surface area contributed by atoms with Crippen LogP contribution < -0.4 is 9.47 Å². The molecule has 0 aliphatic heterocycles. The Bertz CT molecular complexity index is 1320. The molecule has 41 heavy (non-hydrogen) atoms. The Kier molecular flexibility index (Phi) is 12.4. The molecular formula is C34H36O7. The standard InChI is InChI=1S/C34H36O7/c1-4-5-22-39-32(35)21-10-26-8-11-27(12-9-26)28-13-19-31(20-14-28)41-34(37)29-15-17-30(18-16-29)38-23-6-7-24-40-33(36)25(2)3/h8-21H,2,4-7,22-24H2,1,3H3. The van der Waals surface area contributed by atoms with E-state index in [4.69, 9.17) is 18.9 Å². The number of unbranched alkanes of at least 4 members (excludes halogenated alkanes) is 2. The number of hydrogen-bond acceptors (Lipinski definition) is 7. The predicted octanol–water partition coefficient (Wildman–Crippen LogP) is 7.21. The van der Waals surface area contributed by atoms with Gasteiger partial charge in [0.2, 0.25) is 0 Å². The van der Waals surface area contributed by atoms with Crippen LogP contribution in [0.15, 0.2) is 91.0 Å². The van der Waals surface area contributed by atoms with Crippen molar-refractivity contribution >= 4 is 24.0 Å². The number of ether oxygens (including phenoxy) is 4. The second kappa shape index (κ2) is 16.5. The number of rotatable bonds is 15. The van der Waals surface area contributed by atoms with Crippen molar-refractivity contribution in [3.63, 3.8) is 0 Å². The van der Waals surface area contributed by atoms with Crippen molar-refractivity contribution in [3.8, 4) is 22.6 Å². The van der Waals surface area contributed by atoms with Crippen molar-refractivity contribution in [2.75, 3.05) is 19.8 Å². The van der Waals surface area contributed by atoms with Gasteiger partial charge in [-0.3, -0.25) is 0 Å². The Balaban J connectivity index is 1.44. The molecule has 7 heteroatoms. The number of carbonyl (C=O) groups excluding carboxylic acids is 3. The third-order valence-electron chi connectivity index (χ3n) is 5.94. The molecule has 0 aliphatic carbocycles. The predicted molar refractivity (Wildman–Crippen MR) is 159 cm³/mol. The minimum absolute atomic E-state index is 0.323. The second-order valence-electron chi connectivity index (χ2n) is 9.39. The van der Waals surface area contributed by atoms with Crippen LogP contribution in [-0.4, -0.2) is 37.7 Å². The summed E-state index contributed by atoms with van der Waals surface area (Å²) in [5.41, 5.74) is 3.65. The summed E-state index contributed by atoms with van der Waals surface area (Å²) in [6, 6.07) is 21.8. The van der Waals surface area contributed by atoms with Crippen LogP contribution in [0.25, 0.3) is 17.2 Å². The zero-order valence-electron chi connectivity index (χ0n) is 23.6. The summed E-state index contributed by atoms with van der Waals surface area (Å²) in [6.07, 6.45) is 6.40. The maximum absolute atomic E-state index is 12.6. The van der Waals surface area contributed by atoms with Gasteiger partial charge in [-0.2, -0.15) is 0 Å². The van der Waals surface area contributed by atoms with Gasteiger partial charge in [-0.25, -0.2) is 14.4 Å². The molecule has 3 aromatic carbocycles. The molecule has 0 amide bonds. The molecule has 0 unspecified atom stereocenters. The van der Waals surface area contributed by atoms with E-state index in [1.807, 2.05) is 43.3 Å². The van der Waals surface area contributed by atoms with E-state index < -0.39 is 5.97 Å². The summed E-state index contributed by atoms with van der Waals surface area (Å²) in [6.45, 7) is 8.42. The zero-order chi connectivity index (χ0) is 29.5. The van der Waals surface area contributed by atoms with E-state index in [9.17, 15) is 14.4 Å². The lowest BCUT2D eigenvalue weighted by atomic mass is 10.0. The SMILES string of the molecule is C=C(C)C(=O)OCCCCOc1ccc(C(=O)Oc2ccc(-c3ccc(C=CC(=O)OCCCC)cc3)cc2)cc1. The monoisotopic (exact) mass is 556 g/mol. The van der Waals surface area contributed by atoms with Crippen LogP contribution in [0.3, 0.4) is 0 Å². The summed E-state index contributed by atoms with van der Waals surface area (Å²) >= 11 is 0. The summed E-state index contributed by atoms with van der Waals surface area (Å²) < 4.78 is 21.4. The highest BCUT2D eigenvalue weighted by Crippen LogP contribution is 2.24. The Morgan fingerprint density at radius 1 is 0.732 bits per heavy atom. The number of benzene rings is 3. The third kappa shape index (κ3) is 10.8. The van der Waals surface area contributed by atoms with E-state index in [-0.39, 0.29) is 11.9 Å². The fourth-order valence-corrected chi connectivity index (χ4v) is 3.57. The lowest BCUT2D eigenvalue weighted by Crippen LogP contribution is -2.09. The van der Waals surface area contributed by atoms with E-state index in [1.165, 1.54) is 6.08 Å². The van der Waals surface area contributed by atoms with Crippen LogP contribution in [0.5, 0.6) is 11.5 Å². The molecular weight excluding hydrogens is 520 g/mol. The summed E-state index contributed by atoms with van der Waals surface area (Å²) in [5.74, 6) is -0.119. The van der Waals surface area contributed by atoms with Crippen molar-refractivity contribution < 1.29 is 33.3 Å². The first-order chi connectivity index (χ1) is 19.9. The lowest BCUT2D eigenvalue weighted by molar-refractivity contribution is -0.139. The molecule has 0 spiro atoms. The van der Waals surface area contributed by atoms with Crippen molar-refractivity contribution in [1.29, 1.82) is 0 Å². The number of carbonyl (C=O) groups is 3. The molecule has 0 saturated carbocycles. The molecule has 3 aromatic rings. The van der Waals surface area contributed by atoms with Crippen molar-refractivity contribution in [2.24, 2.45) is 0 Å². The quantitative estimate of drug-likeness (QED) is 0.0846. The van der Waals surface area contributed by atoms with Gasteiger partial charge in [0.05, 0.1) is 25.4 Å². The van der Waals surface area contributed by atoms with Crippen LogP contribution in [-0.2, 0) is 19.1 Å². The van der Waals surface area contributed by atoms with Crippen molar-refractivity contribution in [3.05, 3.63) is 102 Å². The normalized spacial score (nSPS) is 10.7. The van der Waals surface area contributed by atoms with E-state index >= 15 is 0 Å². The van der Waals surface area contributed by atoms with E-state index in [2.05, 4.69) is 6.58 Å². The largest absolute Gasteiger partial charge is 0.494 e. The lowest BCUT2D eigenvalue weighted by Gasteiger charge is -2.09. The molecule has 7 nitrogen and oxygen atoms in total. The van der Waals surface area contributed by atoms with E-state index in [0.29, 0.717) is 48.9 Å². The van der Waals surface area contributed by atoms with Crippen LogP contribution >= 0.6 is 0 Å². The minimum Gasteiger partial charge on any atom is -0.494 e. The molecule has 214 valence electrons. The molecule has 0 atom stereocenters. The van der Waals surface area contributed by atoms with Gasteiger partial charge in [0.1, 0.15) is 11.5 Å². The van der Waals surface area contributed by atoms with E-state index in [0.717, 1.165) is 36.0 Å². The van der Waals surface area contributed by atoms with Crippen LogP contribution in [0.1, 0.15) is 55.5 Å². The molecule has 3 rings (SSSR count). The molecule has 0 bridgehead atoms. The van der Waals surface area contributed by atoms with Gasteiger partial charge in [-0.05, 0) is 85.4 Å². The van der Waals surface area contributed by atoms with Gasteiger partial charge in [-0.15, -0.1) is 0 Å². The topological polar surface area (TPSA) is 88.1 Å². The highest BCUT2D eigenvalue weighted by molar-refractivity contribution is 5.91. The molecule has 0 heterocycles. The van der Waals surface area contributed by atoms with Crippen LogP contribution in [0, 0.1) is 0 Å². The number of hydrogen-bond donors (Lipinski definition) is 0. The van der Waals surface area contributed by atoms with Gasteiger partial charge in [-0.1, -0.05) is 56.3 Å². The van der Waals surface area contributed by atoms with Crippen LogP contribution in [0.2, 0.25) is 0 Å². The van der Waals surface area contributed by atoms with Crippen LogP contribution in [0.4, 0.5) is 0 Å². The Morgan fingerprint density at radius 3 is 1.95 bits per heavy atom. The smallest absolute Gasteiger partial charge is 0.343 e. The summed E-state index contributed by atoms with van der Waals surface area (Å²) in [7, 11) is 0. The highest BCUT2D eigenvalue weighted by Gasteiger charge is 2.10. The first-order valence-electron chi connectivity index (χ1n) is 13.7. The van der Waals surface area contributed by atoms with Gasteiger partial charge in [0.15, 0.2) is 0 Å². The Morgan fingerprint density at radius 2 is 1.32 bits per heavy atom. The fraction of sp³-hybridized carbons (Fsp3) is 0.265. The minimum atomic E-state index is -0.465. The first-order valence-corrected chi connectivity index (χ1v) is 13.7. The van der Waals surface area contributed by atoms with E-state index in [1.54, 1.807) is 49.4 Å². The average molecular weight is 557 g/mol. The third-order valence-corrected chi connectivity index (χ3v) is 5.94. The molecule has 0 saturated heterocycles. The second-order valence-corrected chi connectivity index (χ2v) is 9.39. The maximum Gasteiger partial charge on any atom is 0.343 e. The molecule has 0 radical (unpaired) electrons. The summed E-state index contributed by atoms with van der Waals surface area (Å²) in [5, 5.41) is 0. The maximum atomic E-state index is 12.6. The van der Waals surface area contributed by atoms with Gasteiger partial charge < -0.3 is 18.9 Å². The average Bonchev–Trinajstić information content (AvgIpc) is 2.98. The molecule has 0 N–H and O–H groups in total. The van der Waals surface area contributed by atoms with Crippen molar-refractivity contribution in [2.45, 2.75) is 39.5 Å². The highest BCUT2D eigenvalue weighted by atomic mass is 16.5.